The lowest BCUT2D eigenvalue weighted by molar-refractivity contribution is -0.166. The molecule has 0 radical (unpaired) electrons. The zero-order chi connectivity index (χ0) is 42.3. The lowest BCUT2D eigenvalue weighted by Crippen LogP contribution is -2.30. The molecule has 6 heteroatoms. The van der Waals surface area contributed by atoms with Gasteiger partial charge >= 0.3 is 17.9 Å². The third-order valence-corrected chi connectivity index (χ3v) is 9.38. The summed E-state index contributed by atoms with van der Waals surface area (Å²) >= 11 is 0. The number of allylic oxidation sites excluding steroid dienone is 16. The Balaban J connectivity index is 4.54. The Morgan fingerprint density at radius 3 is 1.34 bits per heavy atom. The molecule has 6 nitrogen and oxygen atoms in total. The average Bonchev–Trinajstić information content (AvgIpc) is 3.22. The number of carbonyl (C=O) groups excluding carboxylic acids is 3. The molecule has 0 aliphatic heterocycles. The van der Waals surface area contributed by atoms with E-state index >= 15 is 0 Å². The molecule has 0 saturated heterocycles. The van der Waals surface area contributed by atoms with Crippen LogP contribution in [-0.4, -0.2) is 37.2 Å². The first-order valence-electron chi connectivity index (χ1n) is 23.3. The van der Waals surface area contributed by atoms with E-state index in [2.05, 4.69) is 106 Å². The minimum absolute atomic E-state index is 0.117. The van der Waals surface area contributed by atoms with E-state index in [0.29, 0.717) is 12.8 Å². The number of hydrogen-bond donors (Lipinski definition) is 0. The molecule has 0 fully saturated rings. The smallest absolute Gasteiger partial charge is 0.306 e. The van der Waals surface area contributed by atoms with Crippen LogP contribution in [0.25, 0.3) is 0 Å². The van der Waals surface area contributed by atoms with Crippen LogP contribution in [0.4, 0.5) is 0 Å². The summed E-state index contributed by atoms with van der Waals surface area (Å²) in [5, 5.41) is 0. The lowest BCUT2D eigenvalue weighted by Gasteiger charge is -2.18. The van der Waals surface area contributed by atoms with E-state index in [1.807, 2.05) is 12.2 Å². The molecule has 58 heavy (non-hydrogen) atoms. The van der Waals surface area contributed by atoms with Crippen molar-refractivity contribution < 1.29 is 28.6 Å². The molecule has 0 aromatic carbocycles. The van der Waals surface area contributed by atoms with E-state index in [-0.39, 0.29) is 44.0 Å². The van der Waals surface area contributed by atoms with E-state index in [1.165, 1.54) is 38.5 Å². The molecule has 0 aromatic rings. The second-order valence-corrected chi connectivity index (χ2v) is 15.0. The highest BCUT2D eigenvalue weighted by Crippen LogP contribution is 2.12. The van der Waals surface area contributed by atoms with Crippen LogP contribution in [0.15, 0.2) is 97.2 Å². The number of rotatable bonds is 40. The highest BCUT2D eigenvalue weighted by atomic mass is 16.6. The van der Waals surface area contributed by atoms with Crippen LogP contribution in [0.3, 0.4) is 0 Å². The van der Waals surface area contributed by atoms with Gasteiger partial charge in [-0.3, -0.25) is 14.4 Å². The number of esters is 3. The summed E-state index contributed by atoms with van der Waals surface area (Å²) in [6, 6.07) is 0. The van der Waals surface area contributed by atoms with Gasteiger partial charge in [0.2, 0.25) is 0 Å². The van der Waals surface area contributed by atoms with E-state index < -0.39 is 6.10 Å². The van der Waals surface area contributed by atoms with Crippen molar-refractivity contribution >= 4 is 17.9 Å². The van der Waals surface area contributed by atoms with Gasteiger partial charge in [-0.25, -0.2) is 0 Å². The van der Waals surface area contributed by atoms with Crippen molar-refractivity contribution in [3.8, 4) is 0 Å². The Morgan fingerprint density at radius 1 is 0.379 bits per heavy atom. The van der Waals surface area contributed by atoms with Gasteiger partial charge in [0.1, 0.15) is 13.2 Å². The summed E-state index contributed by atoms with van der Waals surface area (Å²) in [5.41, 5.74) is 0. The van der Waals surface area contributed by atoms with Gasteiger partial charge in [0.05, 0.1) is 0 Å². The van der Waals surface area contributed by atoms with Crippen LogP contribution in [-0.2, 0) is 28.6 Å². The number of hydrogen-bond acceptors (Lipinski definition) is 6. The van der Waals surface area contributed by atoms with Crippen LogP contribution in [0.2, 0.25) is 0 Å². The Hall–Kier alpha value is -3.67. The maximum Gasteiger partial charge on any atom is 0.306 e. The maximum absolute atomic E-state index is 12.7. The van der Waals surface area contributed by atoms with Crippen molar-refractivity contribution in [3.63, 3.8) is 0 Å². The molecule has 0 bridgehead atoms. The summed E-state index contributed by atoms with van der Waals surface area (Å²) in [5.74, 6) is -1.04. The van der Waals surface area contributed by atoms with Crippen LogP contribution >= 0.6 is 0 Å². The number of carbonyl (C=O) groups is 3. The van der Waals surface area contributed by atoms with Gasteiger partial charge in [-0.15, -0.1) is 0 Å². The fourth-order valence-corrected chi connectivity index (χ4v) is 5.92. The molecule has 0 amide bonds. The molecule has 0 rings (SSSR count). The molecule has 1 atom stereocenters. The van der Waals surface area contributed by atoms with Gasteiger partial charge in [0.25, 0.3) is 0 Å². The zero-order valence-electron chi connectivity index (χ0n) is 37.3. The van der Waals surface area contributed by atoms with Gasteiger partial charge in [0.15, 0.2) is 6.10 Å². The predicted molar refractivity (Wildman–Crippen MR) is 247 cm³/mol. The van der Waals surface area contributed by atoms with Crippen LogP contribution < -0.4 is 0 Å². The van der Waals surface area contributed by atoms with E-state index in [9.17, 15) is 14.4 Å². The first kappa shape index (κ1) is 54.3. The lowest BCUT2D eigenvalue weighted by atomic mass is 10.1. The van der Waals surface area contributed by atoms with E-state index in [4.69, 9.17) is 14.2 Å². The van der Waals surface area contributed by atoms with E-state index in [0.717, 1.165) is 109 Å². The SMILES string of the molecule is CC\C=C/C=C\C=C/CCCCCCCC(=O)OC(COC(=O)CC/C=C\C/C=C\CCCCCCCC)COC(=O)CCCCCC/C=C\C/C=C\C/C=C\CC. The minimum atomic E-state index is -0.819. The van der Waals surface area contributed by atoms with Crippen LogP contribution in [0, 0.1) is 0 Å². The predicted octanol–water partition coefficient (Wildman–Crippen LogP) is 15.0. The van der Waals surface area contributed by atoms with E-state index in [1.54, 1.807) is 0 Å². The Labute approximate surface area is 356 Å². The van der Waals surface area contributed by atoms with Crippen molar-refractivity contribution in [2.45, 2.75) is 200 Å². The first-order chi connectivity index (χ1) is 28.5. The quantitative estimate of drug-likeness (QED) is 0.0202. The van der Waals surface area contributed by atoms with Gasteiger partial charge in [-0.1, -0.05) is 182 Å². The second-order valence-electron chi connectivity index (χ2n) is 15.0. The van der Waals surface area contributed by atoms with Crippen molar-refractivity contribution in [1.82, 2.24) is 0 Å². The van der Waals surface area contributed by atoms with Crippen molar-refractivity contribution in [3.05, 3.63) is 97.2 Å². The fourth-order valence-electron chi connectivity index (χ4n) is 5.92. The molecular formula is C52H84O6. The van der Waals surface area contributed by atoms with Gasteiger partial charge < -0.3 is 14.2 Å². The third-order valence-electron chi connectivity index (χ3n) is 9.38. The third kappa shape index (κ3) is 43.5. The molecule has 0 saturated carbocycles. The number of unbranched alkanes of at least 4 members (excludes halogenated alkanes) is 15. The second kappa shape index (κ2) is 46.0. The summed E-state index contributed by atoms with van der Waals surface area (Å²) < 4.78 is 16.6. The fraction of sp³-hybridized carbons (Fsp3) is 0.635. The van der Waals surface area contributed by atoms with Gasteiger partial charge in [-0.05, 0) is 89.9 Å². The molecule has 0 aliphatic carbocycles. The molecule has 0 heterocycles. The molecule has 0 aliphatic rings. The topological polar surface area (TPSA) is 78.9 Å². The van der Waals surface area contributed by atoms with Gasteiger partial charge in [0, 0.05) is 19.3 Å². The zero-order valence-corrected chi connectivity index (χ0v) is 37.3. The molecule has 328 valence electrons. The van der Waals surface area contributed by atoms with Gasteiger partial charge in [-0.2, -0.15) is 0 Å². The molecule has 0 N–H and O–H groups in total. The first-order valence-corrected chi connectivity index (χ1v) is 23.3. The summed E-state index contributed by atoms with van der Waals surface area (Å²) in [7, 11) is 0. The summed E-state index contributed by atoms with van der Waals surface area (Å²) in [4.78, 5) is 37.8. The Kier molecular flexibility index (Phi) is 43.1. The average molecular weight is 805 g/mol. The van der Waals surface area contributed by atoms with Crippen LogP contribution in [0.5, 0.6) is 0 Å². The Bertz CT molecular complexity index is 1200. The van der Waals surface area contributed by atoms with Crippen molar-refractivity contribution in [2.75, 3.05) is 13.2 Å². The van der Waals surface area contributed by atoms with Crippen molar-refractivity contribution in [2.24, 2.45) is 0 Å². The molecule has 1 unspecified atom stereocenters. The Morgan fingerprint density at radius 2 is 0.793 bits per heavy atom. The normalized spacial score (nSPS) is 12.9. The summed E-state index contributed by atoms with van der Waals surface area (Å²) in [6.45, 7) is 6.26. The summed E-state index contributed by atoms with van der Waals surface area (Å²) in [6.07, 6.45) is 59.7. The maximum atomic E-state index is 12.7. The number of ether oxygens (including phenoxy) is 3. The largest absolute Gasteiger partial charge is 0.462 e. The highest BCUT2D eigenvalue weighted by Gasteiger charge is 2.19. The molecule has 0 spiro atoms. The molecule has 0 aromatic heterocycles. The van der Waals surface area contributed by atoms with Crippen LogP contribution in [0.1, 0.15) is 194 Å². The molecular weight excluding hydrogens is 721 g/mol. The van der Waals surface area contributed by atoms with Crippen molar-refractivity contribution in [1.29, 1.82) is 0 Å². The standard InChI is InChI=1S/C52H84O6/c1-4-7-10-13-16-19-22-25-28-30-33-36-39-42-45-51(54)57-48-49(58-52(55)46-43-40-37-34-31-27-24-21-18-15-12-9-6-3)47-56-50(53)44-41-38-35-32-29-26-23-20-17-14-11-8-5-2/h7,9-10,12,15-16,18-19,21,24-26,28-29,35,38,49H,4-6,8,11,13-14,17,20,22-23,27,30-34,36-37,39-48H2,1-3H3/b10-7-,12-9-,18-15-,19-16-,24-21-,28-25-,29-26-,38-35-. The monoisotopic (exact) mass is 805 g/mol. The highest BCUT2D eigenvalue weighted by molar-refractivity contribution is 5.71. The minimum Gasteiger partial charge on any atom is -0.462 e.